The third-order valence-electron chi connectivity index (χ3n) is 6.21. The predicted molar refractivity (Wildman–Crippen MR) is 123 cm³/mol. The number of anilines is 2. The quantitative estimate of drug-likeness (QED) is 0.600. The highest BCUT2D eigenvalue weighted by atomic mass is 16.2. The third kappa shape index (κ3) is 3.44. The number of carbonyl (C=O) groups is 2. The first-order valence-corrected chi connectivity index (χ1v) is 10.7. The molecule has 2 aliphatic rings. The molecule has 1 heterocycles. The van der Waals surface area contributed by atoms with Crippen LogP contribution in [0.4, 0.5) is 11.4 Å². The highest BCUT2D eigenvalue weighted by Gasteiger charge is 2.40. The van der Waals surface area contributed by atoms with Crippen LogP contribution in [0.5, 0.6) is 0 Å². The van der Waals surface area contributed by atoms with Crippen molar-refractivity contribution in [3.8, 4) is 0 Å². The Morgan fingerprint density at radius 1 is 0.839 bits per heavy atom. The van der Waals surface area contributed by atoms with E-state index in [4.69, 9.17) is 0 Å². The maximum Gasteiger partial charge on any atom is 0.224 e. The summed E-state index contributed by atoms with van der Waals surface area (Å²) in [6.07, 6.45) is 1.17. The van der Waals surface area contributed by atoms with E-state index in [0.29, 0.717) is 12.0 Å². The number of ketones is 1. The maximum atomic E-state index is 13.6. The van der Waals surface area contributed by atoms with Gasteiger partial charge in [0.1, 0.15) is 0 Å². The molecule has 1 amide bonds. The summed E-state index contributed by atoms with van der Waals surface area (Å²) >= 11 is 0. The number of benzene rings is 3. The average Bonchev–Trinajstić information content (AvgIpc) is 2.95. The molecule has 3 aromatic carbocycles. The summed E-state index contributed by atoms with van der Waals surface area (Å²) in [7, 11) is 0. The van der Waals surface area contributed by atoms with Crippen LogP contribution in [-0.2, 0) is 9.59 Å². The minimum atomic E-state index is -0.450. The second-order valence-corrected chi connectivity index (χ2v) is 8.18. The zero-order valence-corrected chi connectivity index (χ0v) is 17.4. The van der Waals surface area contributed by atoms with Crippen molar-refractivity contribution in [3.63, 3.8) is 0 Å². The molecule has 0 unspecified atom stereocenters. The molecule has 1 aliphatic carbocycles. The van der Waals surface area contributed by atoms with Crippen LogP contribution in [-0.4, -0.2) is 11.7 Å². The lowest BCUT2D eigenvalue weighted by Gasteiger charge is -2.34. The molecule has 3 aromatic rings. The summed E-state index contributed by atoms with van der Waals surface area (Å²) in [6.45, 7) is 1.57. The van der Waals surface area contributed by atoms with Crippen molar-refractivity contribution in [3.05, 3.63) is 107 Å². The van der Waals surface area contributed by atoms with Gasteiger partial charge in [-0.15, -0.1) is 0 Å². The SMILES string of the molecule is CC(=O)N1c2ccccc2NC2=C(C(=O)C[C@H](c3ccccc3)C2)[C@H]1c1ccccc1. The number of para-hydroxylation sites is 2. The molecule has 31 heavy (non-hydrogen) atoms. The Morgan fingerprint density at radius 3 is 2.13 bits per heavy atom. The summed E-state index contributed by atoms with van der Waals surface area (Å²) in [5, 5.41) is 3.54. The smallest absolute Gasteiger partial charge is 0.224 e. The van der Waals surface area contributed by atoms with Crippen LogP contribution in [0.15, 0.2) is 96.2 Å². The second kappa shape index (κ2) is 7.88. The van der Waals surface area contributed by atoms with E-state index >= 15 is 0 Å². The molecule has 2 atom stereocenters. The van der Waals surface area contributed by atoms with Gasteiger partial charge in [0.2, 0.25) is 5.91 Å². The number of carbonyl (C=O) groups excluding carboxylic acids is 2. The molecule has 1 aliphatic heterocycles. The number of hydrogen-bond donors (Lipinski definition) is 1. The number of allylic oxidation sites excluding steroid dienone is 1. The first-order valence-electron chi connectivity index (χ1n) is 10.7. The number of amides is 1. The van der Waals surface area contributed by atoms with Crippen molar-refractivity contribution in [2.24, 2.45) is 0 Å². The topological polar surface area (TPSA) is 49.4 Å². The summed E-state index contributed by atoms with van der Waals surface area (Å²) in [4.78, 5) is 28.3. The lowest BCUT2D eigenvalue weighted by Crippen LogP contribution is -2.37. The van der Waals surface area contributed by atoms with Crippen LogP contribution in [0.3, 0.4) is 0 Å². The van der Waals surface area contributed by atoms with Gasteiger partial charge in [-0.3, -0.25) is 14.5 Å². The van der Waals surface area contributed by atoms with Gasteiger partial charge in [0.25, 0.3) is 0 Å². The summed E-state index contributed by atoms with van der Waals surface area (Å²) in [6, 6.07) is 27.4. The van der Waals surface area contributed by atoms with Gasteiger partial charge in [-0.05, 0) is 35.6 Å². The Kier molecular flexibility index (Phi) is 4.91. The normalized spacial score (nSPS) is 20.4. The van der Waals surface area contributed by atoms with E-state index in [1.165, 1.54) is 5.56 Å². The summed E-state index contributed by atoms with van der Waals surface area (Å²) in [5.41, 5.74) is 5.36. The molecule has 0 spiro atoms. The molecule has 1 N–H and O–H groups in total. The Bertz CT molecular complexity index is 1170. The molecule has 0 radical (unpaired) electrons. The monoisotopic (exact) mass is 408 g/mol. The Morgan fingerprint density at radius 2 is 1.45 bits per heavy atom. The second-order valence-electron chi connectivity index (χ2n) is 8.18. The number of fused-ring (bicyclic) bond motifs is 1. The van der Waals surface area contributed by atoms with E-state index in [0.717, 1.165) is 29.1 Å². The molecule has 0 aromatic heterocycles. The van der Waals surface area contributed by atoms with E-state index in [9.17, 15) is 9.59 Å². The first kappa shape index (κ1) is 19.3. The Labute approximate surface area is 182 Å². The van der Waals surface area contributed by atoms with Crippen LogP contribution in [0, 0.1) is 0 Å². The molecule has 0 saturated carbocycles. The third-order valence-corrected chi connectivity index (χ3v) is 6.21. The average molecular weight is 409 g/mol. The lowest BCUT2D eigenvalue weighted by atomic mass is 9.78. The molecule has 154 valence electrons. The Hall–Kier alpha value is -3.66. The van der Waals surface area contributed by atoms with Crippen molar-refractivity contribution >= 4 is 23.1 Å². The largest absolute Gasteiger partial charge is 0.357 e. The van der Waals surface area contributed by atoms with Gasteiger partial charge in [-0.2, -0.15) is 0 Å². The minimum Gasteiger partial charge on any atom is -0.357 e. The number of nitrogens with zero attached hydrogens (tertiary/aromatic N) is 1. The van der Waals surface area contributed by atoms with E-state index in [1.807, 2.05) is 72.8 Å². The standard InChI is InChI=1S/C27H24N2O2/c1-18(30)29-24-15-9-8-14-22(24)28-23-16-21(19-10-4-2-5-11-19)17-25(31)26(23)27(29)20-12-6-3-7-13-20/h2-15,21,27-28H,16-17H2,1H3/t21-,27-/m1/s1. The Balaban J connectivity index is 1.71. The fraction of sp³-hybridized carbons (Fsp3) is 0.185. The molecule has 0 saturated heterocycles. The van der Waals surface area contributed by atoms with Crippen molar-refractivity contribution in [2.45, 2.75) is 31.7 Å². The van der Waals surface area contributed by atoms with Gasteiger partial charge < -0.3 is 5.32 Å². The van der Waals surface area contributed by atoms with Crippen molar-refractivity contribution in [2.75, 3.05) is 10.2 Å². The van der Waals surface area contributed by atoms with E-state index in [-0.39, 0.29) is 17.6 Å². The van der Waals surface area contributed by atoms with Crippen LogP contribution in [0.25, 0.3) is 0 Å². The van der Waals surface area contributed by atoms with Gasteiger partial charge in [-0.1, -0.05) is 72.8 Å². The fourth-order valence-corrected chi connectivity index (χ4v) is 4.85. The number of nitrogens with one attached hydrogen (secondary N) is 1. The van der Waals surface area contributed by atoms with Crippen LogP contribution >= 0.6 is 0 Å². The number of Topliss-reactive ketones (excluding diaryl/α,β-unsaturated/α-hetero) is 1. The molecule has 0 bridgehead atoms. The maximum absolute atomic E-state index is 13.6. The minimum absolute atomic E-state index is 0.0881. The molecular weight excluding hydrogens is 384 g/mol. The van der Waals surface area contributed by atoms with Crippen LogP contribution in [0.2, 0.25) is 0 Å². The number of hydrogen-bond acceptors (Lipinski definition) is 3. The number of rotatable bonds is 2. The van der Waals surface area contributed by atoms with Crippen molar-refractivity contribution < 1.29 is 9.59 Å². The predicted octanol–water partition coefficient (Wildman–Crippen LogP) is 5.61. The lowest BCUT2D eigenvalue weighted by molar-refractivity contribution is -0.117. The van der Waals surface area contributed by atoms with Gasteiger partial charge in [-0.25, -0.2) is 0 Å². The van der Waals surface area contributed by atoms with Gasteiger partial charge >= 0.3 is 0 Å². The van der Waals surface area contributed by atoms with E-state index < -0.39 is 6.04 Å². The van der Waals surface area contributed by atoms with Crippen LogP contribution < -0.4 is 10.2 Å². The van der Waals surface area contributed by atoms with Gasteiger partial charge in [0.05, 0.1) is 17.4 Å². The molecule has 4 heteroatoms. The van der Waals surface area contributed by atoms with Gasteiger partial charge in [0, 0.05) is 24.6 Å². The summed E-state index contributed by atoms with van der Waals surface area (Å²) < 4.78 is 0. The zero-order chi connectivity index (χ0) is 21.4. The van der Waals surface area contributed by atoms with Gasteiger partial charge in [0.15, 0.2) is 5.78 Å². The zero-order valence-electron chi connectivity index (χ0n) is 17.4. The fourth-order valence-electron chi connectivity index (χ4n) is 4.85. The molecule has 4 nitrogen and oxygen atoms in total. The van der Waals surface area contributed by atoms with Crippen molar-refractivity contribution in [1.29, 1.82) is 0 Å². The van der Waals surface area contributed by atoms with Crippen LogP contribution in [0.1, 0.15) is 42.9 Å². The molecular formula is C27H24N2O2. The molecule has 5 rings (SSSR count). The van der Waals surface area contributed by atoms with Crippen molar-refractivity contribution in [1.82, 2.24) is 0 Å². The van der Waals surface area contributed by atoms with E-state index in [2.05, 4.69) is 17.4 Å². The highest BCUT2D eigenvalue weighted by molar-refractivity contribution is 6.05. The van der Waals surface area contributed by atoms with E-state index in [1.54, 1.807) is 11.8 Å². The highest BCUT2D eigenvalue weighted by Crippen LogP contribution is 2.47. The summed E-state index contributed by atoms with van der Waals surface area (Å²) in [5.74, 6) is 0.123. The molecule has 0 fully saturated rings. The first-order chi connectivity index (χ1) is 15.1.